The highest BCUT2D eigenvalue weighted by molar-refractivity contribution is 7.88. The molecule has 0 atom stereocenters. The van der Waals surface area contributed by atoms with Gasteiger partial charge in [-0.05, 0) is 37.6 Å². The molecule has 0 radical (unpaired) electrons. The Morgan fingerprint density at radius 2 is 2.05 bits per heavy atom. The number of ether oxygens (including phenoxy) is 2. The van der Waals surface area contributed by atoms with E-state index in [0.29, 0.717) is 11.5 Å². The maximum Gasteiger partial charge on any atom is 0.209 e. The lowest BCUT2D eigenvalue weighted by Gasteiger charge is -2.29. The summed E-state index contributed by atoms with van der Waals surface area (Å²) in [5.41, 5.74) is 1.32. The third-order valence-corrected chi connectivity index (χ3v) is 3.60. The normalized spacial score (nSPS) is 16.4. The molecule has 0 fully saturated rings. The molecule has 0 amide bonds. The lowest BCUT2D eigenvalue weighted by molar-refractivity contribution is 0.152. The standard InChI is InChI=1S/C14H19NO4S/c1-14(2)6-5-11-7-10(9-15-20(4,16)17)8-12(18-3)13(11)19-14/h5-8,15H,9H2,1-4H3/i3-1. The number of sulfonamides is 1. The Morgan fingerprint density at radius 3 is 2.65 bits per heavy atom. The predicted molar refractivity (Wildman–Crippen MR) is 78.4 cm³/mol. The van der Waals surface area contributed by atoms with E-state index in [2.05, 4.69) is 4.72 Å². The predicted octanol–water partition coefficient (Wildman–Crippen LogP) is 1.93. The minimum Gasteiger partial charge on any atom is -0.493 e. The van der Waals surface area contributed by atoms with Crippen LogP contribution in [0.15, 0.2) is 18.2 Å². The molecular weight excluding hydrogens is 277 g/mol. The molecule has 1 aromatic carbocycles. The van der Waals surface area contributed by atoms with Crippen molar-refractivity contribution in [1.29, 1.82) is 0 Å². The average Bonchev–Trinajstić information content (AvgIpc) is 2.34. The summed E-state index contributed by atoms with van der Waals surface area (Å²) in [6.45, 7) is 4.15. The summed E-state index contributed by atoms with van der Waals surface area (Å²) in [6.07, 6.45) is 5.06. The molecule has 1 heterocycles. The quantitative estimate of drug-likeness (QED) is 0.922. The lowest BCUT2D eigenvalue weighted by Crippen LogP contribution is -2.28. The van der Waals surface area contributed by atoms with Crippen molar-refractivity contribution >= 4 is 16.1 Å². The SMILES string of the molecule is CC1(C)C=Cc2cc(CNS(C)(=O)=O)cc(O[11CH3])c2O1. The van der Waals surface area contributed by atoms with Crippen LogP contribution in [0.1, 0.15) is 25.0 Å². The molecule has 0 aromatic heterocycles. The molecule has 1 N–H and O–H groups in total. The average molecular weight is 296 g/mol. The topological polar surface area (TPSA) is 64.6 Å². The van der Waals surface area contributed by atoms with Crippen molar-refractivity contribution < 1.29 is 17.9 Å². The van der Waals surface area contributed by atoms with Crippen LogP contribution in [0.25, 0.3) is 6.08 Å². The molecular formula is C14H19NO4S. The molecule has 0 aliphatic carbocycles. The van der Waals surface area contributed by atoms with Gasteiger partial charge in [0, 0.05) is 12.1 Å². The number of rotatable bonds is 4. The van der Waals surface area contributed by atoms with Crippen LogP contribution in [0.3, 0.4) is 0 Å². The van der Waals surface area contributed by atoms with E-state index >= 15 is 0 Å². The molecule has 0 saturated heterocycles. The number of methoxy groups -OCH3 is 1. The smallest absolute Gasteiger partial charge is 0.209 e. The second-order valence-corrected chi connectivity index (χ2v) is 7.18. The molecule has 0 unspecified atom stereocenters. The zero-order valence-corrected chi connectivity index (χ0v) is 12.9. The van der Waals surface area contributed by atoms with Gasteiger partial charge < -0.3 is 9.47 Å². The van der Waals surface area contributed by atoms with E-state index in [1.165, 1.54) is 0 Å². The summed E-state index contributed by atoms with van der Waals surface area (Å²) >= 11 is 0. The van der Waals surface area contributed by atoms with Crippen LogP contribution in [0, 0.1) is 0 Å². The number of fused-ring (bicyclic) bond motifs is 1. The molecule has 0 bridgehead atoms. The van der Waals surface area contributed by atoms with Gasteiger partial charge in [-0.1, -0.05) is 6.08 Å². The van der Waals surface area contributed by atoms with E-state index in [9.17, 15) is 8.42 Å². The summed E-state index contributed by atoms with van der Waals surface area (Å²) in [5.74, 6) is 1.29. The highest BCUT2D eigenvalue weighted by Crippen LogP contribution is 2.39. The van der Waals surface area contributed by atoms with Gasteiger partial charge in [-0.3, -0.25) is 0 Å². The maximum absolute atomic E-state index is 11.2. The zero-order chi connectivity index (χ0) is 15.0. The second kappa shape index (κ2) is 5.10. The maximum atomic E-state index is 11.2. The Balaban J connectivity index is 2.36. The Kier molecular flexibility index (Phi) is 3.80. The molecule has 20 heavy (non-hydrogen) atoms. The third-order valence-electron chi connectivity index (χ3n) is 2.93. The summed E-state index contributed by atoms with van der Waals surface area (Å²) in [6, 6.07) is 3.67. The molecule has 0 saturated carbocycles. The molecule has 6 heteroatoms. The van der Waals surface area contributed by atoms with Gasteiger partial charge in [-0.25, -0.2) is 13.1 Å². The number of benzene rings is 1. The number of nitrogens with one attached hydrogen (secondary N) is 1. The van der Waals surface area contributed by atoms with E-state index in [1.807, 2.05) is 32.1 Å². The molecule has 2 rings (SSSR count). The van der Waals surface area contributed by atoms with E-state index < -0.39 is 10.0 Å². The Bertz CT molecular complexity index is 647. The molecule has 5 nitrogen and oxygen atoms in total. The third kappa shape index (κ3) is 3.52. The van der Waals surface area contributed by atoms with Crippen molar-refractivity contribution in [3.8, 4) is 11.5 Å². The van der Waals surface area contributed by atoms with Gasteiger partial charge in [0.1, 0.15) is 5.60 Å². The van der Waals surface area contributed by atoms with E-state index in [0.717, 1.165) is 17.4 Å². The first-order chi connectivity index (χ1) is 9.20. The molecule has 1 aliphatic heterocycles. The molecule has 1 aromatic rings. The minimum atomic E-state index is -3.22. The van der Waals surface area contributed by atoms with Crippen LogP contribution in [-0.4, -0.2) is 27.4 Å². The fourth-order valence-corrected chi connectivity index (χ4v) is 2.40. The van der Waals surface area contributed by atoms with Crippen molar-refractivity contribution in [3.05, 3.63) is 29.3 Å². The van der Waals surface area contributed by atoms with Crippen molar-refractivity contribution in [2.24, 2.45) is 0 Å². The van der Waals surface area contributed by atoms with Gasteiger partial charge in [-0.2, -0.15) is 0 Å². The first kappa shape index (κ1) is 14.9. The minimum absolute atomic E-state index is 0.222. The highest BCUT2D eigenvalue weighted by Gasteiger charge is 2.25. The summed E-state index contributed by atoms with van der Waals surface area (Å²) in [4.78, 5) is 0. The van der Waals surface area contributed by atoms with Crippen LogP contribution in [0.2, 0.25) is 0 Å². The van der Waals surface area contributed by atoms with Gasteiger partial charge in [0.15, 0.2) is 11.5 Å². The van der Waals surface area contributed by atoms with Crippen molar-refractivity contribution in [2.75, 3.05) is 13.4 Å². The summed E-state index contributed by atoms with van der Waals surface area (Å²) < 4.78 is 36.0. The lowest BCUT2D eigenvalue weighted by atomic mass is 10.00. The fourth-order valence-electron chi connectivity index (χ4n) is 1.97. The first-order valence-electron chi connectivity index (χ1n) is 6.24. The van der Waals surface area contributed by atoms with E-state index in [-0.39, 0.29) is 12.1 Å². The highest BCUT2D eigenvalue weighted by atomic mass is 32.2. The Labute approximate surface area is 119 Å². The first-order valence-corrected chi connectivity index (χ1v) is 8.13. The van der Waals surface area contributed by atoms with Crippen LogP contribution >= 0.6 is 0 Å². The van der Waals surface area contributed by atoms with Gasteiger partial charge in [0.05, 0.1) is 13.4 Å². The Hall–Kier alpha value is -1.53. The van der Waals surface area contributed by atoms with Crippen molar-refractivity contribution in [3.63, 3.8) is 0 Å². The van der Waals surface area contributed by atoms with Crippen molar-refractivity contribution in [2.45, 2.75) is 26.0 Å². The van der Waals surface area contributed by atoms with Gasteiger partial charge in [0.25, 0.3) is 0 Å². The largest absolute Gasteiger partial charge is 0.493 e. The van der Waals surface area contributed by atoms with Crippen molar-refractivity contribution in [1.82, 2.24) is 4.72 Å². The van der Waals surface area contributed by atoms with Crippen LogP contribution < -0.4 is 14.2 Å². The molecule has 1 aliphatic rings. The summed E-state index contributed by atoms with van der Waals surface area (Å²) in [7, 11) is -1.65. The molecule has 0 spiro atoms. The van der Waals surface area contributed by atoms with Gasteiger partial charge in [0.2, 0.25) is 10.0 Å². The van der Waals surface area contributed by atoms with E-state index in [1.54, 1.807) is 13.2 Å². The summed E-state index contributed by atoms with van der Waals surface area (Å²) in [5, 5.41) is 0. The van der Waals surface area contributed by atoms with Gasteiger partial charge in [-0.15, -0.1) is 0 Å². The monoisotopic (exact) mass is 296 g/mol. The number of hydrogen-bond donors (Lipinski definition) is 1. The van der Waals surface area contributed by atoms with Crippen LogP contribution in [0.5, 0.6) is 11.5 Å². The van der Waals surface area contributed by atoms with Crippen LogP contribution in [0.4, 0.5) is 0 Å². The van der Waals surface area contributed by atoms with Crippen LogP contribution in [-0.2, 0) is 16.6 Å². The van der Waals surface area contributed by atoms with E-state index in [4.69, 9.17) is 9.47 Å². The van der Waals surface area contributed by atoms with Gasteiger partial charge >= 0.3 is 0 Å². The Morgan fingerprint density at radius 1 is 1.35 bits per heavy atom. The second-order valence-electron chi connectivity index (χ2n) is 5.35. The number of hydrogen-bond acceptors (Lipinski definition) is 4. The fraction of sp³-hybridized carbons (Fsp3) is 0.429. The molecule has 110 valence electrons. The zero-order valence-electron chi connectivity index (χ0n) is 12.1.